The topological polar surface area (TPSA) is 69.6 Å². The van der Waals surface area contributed by atoms with Crippen molar-refractivity contribution in [3.8, 4) is 0 Å². The van der Waals surface area contributed by atoms with Gasteiger partial charge in [0.1, 0.15) is 0 Å². The van der Waals surface area contributed by atoms with E-state index in [-0.39, 0.29) is 18.6 Å². The number of hydrogen-bond donors (Lipinski definition) is 2. The number of carbonyl (C=O) groups excluding carboxylic acids is 1. The maximum atomic E-state index is 12.0. The van der Waals surface area contributed by atoms with Crippen LogP contribution in [0.5, 0.6) is 0 Å². The smallest absolute Gasteiger partial charge is 0.317 e. The third-order valence-corrected chi connectivity index (χ3v) is 3.43. The van der Waals surface area contributed by atoms with Crippen LogP contribution in [-0.4, -0.2) is 41.1 Å². The minimum absolute atomic E-state index is 0.0942. The summed E-state index contributed by atoms with van der Waals surface area (Å²) in [5.41, 5.74) is 0. The molecule has 0 aliphatic rings. The molecular formula is C13H26N2O3. The second-order valence-corrected chi connectivity index (χ2v) is 4.90. The van der Waals surface area contributed by atoms with Crippen molar-refractivity contribution in [2.24, 2.45) is 11.8 Å². The molecule has 0 saturated heterocycles. The molecule has 0 bridgehead atoms. The summed E-state index contributed by atoms with van der Waals surface area (Å²) in [5, 5.41) is 11.8. The molecule has 0 rings (SSSR count). The molecule has 2 amide bonds. The number of carboxylic acid groups (broad SMARTS) is 1. The lowest BCUT2D eigenvalue weighted by atomic mass is 10.0. The Balaban J connectivity index is 4.39. The van der Waals surface area contributed by atoms with Crippen LogP contribution in [0.15, 0.2) is 0 Å². The fraction of sp³-hybridized carbons (Fsp3) is 0.846. The summed E-state index contributed by atoms with van der Waals surface area (Å²) in [7, 11) is 0. The van der Waals surface area contributed by atoms with Gasteiger partial charge in [-0.3, -0.25) is 4.79 Å². The number of urea groups is 1. The van der Waals surface area contributed by atoms with Gasteiger partial charge in [-0.15, -0.1) is 0 Å². The molecule has 0 aliphatic heterocycles. The maximum absolute atomic E-state index is 12.0. The lowest BCUT2D eigenvalue weighted by Crippen LogP contribution is -2.47. The number of hydrogen-bond acceptors (Lipinski definition) is 2. The number of nitrogens with one attached hydrogen (secondary N) is 1. The fourth-order valence-corrected chi connectivity index (χ4v) is 1.55. The Labute approximate surface area is 110 Å². The molecule has 5 nitrogen and oxygen atoms in total. The van der Waals surface area contributed by atoms with E-state index in [4.69, 9.17) is 5.11 Å². The first-order chi connectivity index (χ1) is 8.33. The summed E-state index contributed by atoms with van der Waals surface area (Å²) in [5.74, 6) is -1.02. The lowest BCUT2D eigenvalue weighted by Gasteiger charge is -2.27. The summed E-state index contributed by atoms with van der Waals surface area (Å²) in [4.78, 5) is 24.3. The SMILES string of the molecule is CCC(C)C(C)NC(=O)N(CC)CC(C)C(=O)O. The van der Waals surface area contributed by atoms with Gasteiger partial charge in [0, 0.05) is 19.1 Å². The zero-order valence-corrected chi connectivity index (χ0v) is 12.1. The van der Waals surface area contributed by atoms with Crippen molar-refractivity contribution in [1.29, 1.82) is 0 Å². The number of rotatable bonds is 7. The van der Waals surface area contributed by atoms with Crippen LogP contribution in [0.25, 0.3) is 0 Å². The Morgan fingerprint density at radius 1 is 1.22 bits per heavy atom. The first kappa shape index (κ1) is 16.7. The molecule has 0 aromatic heterocycles. The van der Waals surface area contributed by atoms with E-state index in [1.54, 1.807) is 6.92 Å². The molecule has 0 heterocycles. The van der Waals surface area contributed by atoms with Gasteiger partial charge in [-0.2, -0.15) is 0 Å². The summed E-state index contributed by atoms with van der Waals surface area (Å²) in [6, 6.07) is -0.0879. The number of aliphatic carboxylic acids is 1. The van der Waals surface area contributed by atoms with Crippen LogP contribution < -0.4 is 5.32 Å². The molecule has 3 atom stereocenters. The van der Waals surface area contributed by atoms with E-state index in [0.29, 0.717) is 12.5 Å². The van der Waals surface area contributed by atoms with Crippen LogP contribution >= 0.6 is 0 Å². The van der Waals surface area contributed by atoms with Crippen molar-refractivity contribution in [1.82, 2.24) is 10.2 Å². The molecule has 0 aliphatic carbocycles. The second-order valence-electron chi connectivity index (χ2n) is 4.90. The average Bonchev–Trinajstić information content (AvgIpc) is 2.33. The monoisotopic (exact) mass is 258 g/mol. The van der Waals surface area contributed by atoms with Gasteiger partial charge in [0.05, 0.1) is 5.92 Å². The Morgan fingerprint density at radius 3 is 2.17 bits per heavy atom. The average molecular weight is 258 g/mol. The standard InChI is InChI=1S/C13H26N2O3/c1-6-9(3)11(5)14-13(18)15(7-2)8-10(4)12(16)17/h9-11H,6-8H2,1-5H3,(H,14,18)(H,16,17). The zero-order chi connectivity index (χ0) is 14.3. The van der Waals surface area contributed by atoms with E-state index < -0.39 is 11.9 Å². The van der Waals surface area contributed by atoms with E-state index in [2.05, 4.69) is 19.2 Å². The normalized spacial score (nSPS) is 15.6. The van der Waals surface area contributed by atoms with E-state index in [0.717, 1.165) is 6.42 Å². The van der Waals surface area contributed by atoms with Gasteiger partial charge < -0.3 is 15.3 Å². The van der Waals surface area contributed by atoms with Crippen molar-refractivity contribution < 1.29 is 14.7 Å². The third kappa shape index (κ3) is 5.38. The molecule has 0 aromatic rings. The molecule has 5 heteroatoms. The summed E-state index contributed by atoms with van der Waals surface area (Å²) < 4.78 is 0. The summed E-state index contributed by atoms with van der Waals surface area (Å²) in [6.07, 6.45) is 0.999. The first-order valence-electron chi connectivity index (χ1n) is 6.61. The first-order valence-corrected chi connectivity index (χ1v) is 6.61. The van der Waals surface area contributed by atoms with E-state index in [1.165, 1.54) is 4.90 Å². The van der Waals surface area contributed by atoms with Gasteiger partial charge >= 0.3 is 12.0 Å². The highest BCUT2D eigenvalue weighted by Crippen LogP contribution is 2.08. The number of carbonyl (C=O) groups is 2. The van der Waals surface area contributed by atoms with Gasteiger partial charge in [-0.05, 0) is 19.8 Å². The van der Waals surface area contributed by atoms with Crippen LogP contribution in [0.1, 0.15) is 41.0 Å². The van der Waals surface area contributed by atoms with E-state index >= 15 is 0 Å². The predicted octanol–water partition coefficient (Wildman–Crippen LogP) is 2.17. The third-order valence-electron chi connectivity index (χ3n) is 3.43. The quantitative estimate of drug-likeness (QED) is 0.735. The van der Waals surface area contributed by atoms with Gasteiger partial charge in [-0.25, -0.2) is 4.79 Å². The molecule has 2 N–H and O–H groups in total. The van der Waals surface area contributed by atoms with E-state index in [9.17, 15) is 9.59 Å². The molecule has 0 saturated carbocycles. The Morgan fingerprint density at radius 2 is 1.78 bits per heavy atom. The molecular weight excluding hydrogens is 232 g/mol. The largest absolute Gasteiger partial charge is 0.481 e. The Hall–Kier alpha value is -1.26. The van der Waals surface area contributed by atoms with Crippen LogP contribution in [-0.2, 0) is 4.79 Å². The van der Waals surface area contributed by atoms with Gasteiger partial charge in [0.25, 0.3) is 0 Å². The molecule has 106 valence electrons. The van der Waals surface area contributed by atoms with Crippen LogP contribution in [0.4, 0.5) is 4.79 Å². The molecule has 0 radical (unpaired) electrons. The van der Waals surface area contributed by atoms with Crippen LogP contribution in [0, 0.1) is 11.8 Å². The van der Waals surface area contributed by atoms with Crippen molar-refractivity contribution in [3.63, 3.8) is 0 Å². The maximum Gasteiger partial charge on any atom is 0.317 e. The molecule has 18 heavy (non-hydrogen) atoms. The fourth-order valence-electron chi connectivity index (χ4n) is 1.55. The van der Waals surface area contributed by atoms with Crippen molar-refractivity contribution in [3.05, 3.63) is 0 Å². The highest BCUT2D eigenvalue weighted by atomic mass is 16.4. The summed E-state index contributed by atoms with van der Waals surface area (Å²) >= 11 is 0. The number of nitrogens with zero attached hydrogens (tertiary/aromatic N) is 1. The highest BCUT2D eigenvalue weighted by Gasteiger charge is 2.21. The van der Waals surface area contributed by atoms with Crippen molar-refractivity contribution in [2.75, 3.05) is 13.1 Å². The van der Waals surface area contributed by atoms with Crippen LogP contribution in [0.2, 0.25) is 0 Å². The Bertz CT molecular complexity index is 281. The zero-order valence-electron chi connectivity index (χ0n) is 12.1. The Kier molecular flexibility index (Phi) is 7.39. The van der Waals surface area contributed by atoms with Crippen molar-refractivity contribution >= 4 is 12.0 Å². The molecule has 0 aromatic carbocycles. The highest BCUT2D eigenvalue weighted by molar-refractivity contribution is 5.76. The lowest BCUT2D eigenvalue weighted by molar-refractivity contribution is -0.141. The number of carboxylic acids is 1. The second kappa shape index (κ2) is 7.95. The summed E-state index contributed by atoms with van der Waals surface area (Å²) in [6.45, 7) is 10.3. The molecule has 0 fully saturated rings. The minimum Gasteiger partial charge on any atom is -0.481 e. The van der Waals surface area contributed by atoms with Crippen LogP contribution in [0.3, 0.4) is 0 Å². The van der Waals surface area contributed by atoms with Gasteiger partial charge in [0.2, 0.25) is 0 Å². The van der Waals surface area contributed by atoms with E-state index in [1.807, 2.05) is 13.8 Å². The number of amides is 2. The minimum atomic E-state index is -0.878. The predicted molar refractivity (Wildman–Crippen MR) is 71.5 cm³/mol. The molecule has 3 unspecified atom stereocenters. The van der Waals surface area contributed by atoms with Gasteiger partial charge in [0.15, 0.2) is 0 Å². The molecule has 0 spiro atoms. The van der Waals surface area contributed by atoms with Gasteiger partial charge in [-0.1, -0.05) is 27.2 Å². The van der Waals surface area contributed by atoms with Crippen molar-refractivity contribution in [2.45, 2.75) is 47.1 Å².